The summed E-state index contributed by atoms with van der Waals surface area (Å²) < 4.78 is 0. The highest BCUT2D eigenvalue weighted by atomic mass is 16.3. The summed E-state index contributed by atoms with van der Waals surface area (Å²) in [5.74, 6) is 0.746. The van der Waals surface area contributed by atoms with Crippen molar-refractivity contribution in [1.82, 2.24) is 4.90 Å². The summed E-state index contributed by atoms with van der Waals surface area (Å²) in [5.41, 5.74) is 0. The molecule has 92 valence electrons. The van der Waals surface area contributed by atoms with Crippen LogP contribution >= 0.6 is 0 Å². The molecule has 0 saturated heterocycles. The SMILES string of the molecule is CCC[C@@H](CCO)CCCN(CC)CC. The van der Waals surface area contributed by atoms with E-state index in [0.717, 1.165) is 25.4 Å². The third-order valence-electron chi connectivity index (χ3n) is 3.22. The third-order valence-corrected chi connectivity index (χ3v) is 3.22. The molecular formula is C13H29NO. The van der Waals surface area contributed by atoms with Crippen LogP contribution in [0.1, 0.15) is 52.9 Å². The molecule has 0 unspecified atom stereocenters. The Morgan fingerprint density at radius 1 is 1.00 bits per heavy atom. The minimum atomic E-state index is 0.357. The molecule has 0 rings (SSSR count). The standard InChI is InChI=1S/C13H29NO/c1-4-8-13(10-12-15)9-7-11-14(5-2)6-3/h13,15H,4-12H2,1-3H3/t13-/m1/s1. The van der Waals surface area contributed by atoms with E-state index in [1.807, 2.05) is 0 Å². The normalized spacial score (nSPS) is 13.4. The van der Waals surface area contributed by atoms with Crippen molar-refractivity contribution >= 4 is 0 Å². The first-order valence-corrected chi connectivity index (χ1v) is 6.61. The van der Waals surface area contributed by atoms with Crippen molar-refractivity contribution in [2.75, 3.05) is 26.2 Å². The van der Waals surface area contributed by atoms with E-state index in [9.17, 15) is 0 Å². The van der Waals surface area contributed by atoms with Crippen LogP contribution < -0.4 is 0 Å². The van der Waals surface area contributed by atoms with E-state index >= 15 is 0 Å². The van der Waals surface area contributed by atoms with Crippen LogP contribution in [-0.4, -0.2) is 36.2 Å². The molecule has 0 aromatic heterocycles. The molecule has 0 aliphatic rings. The molecule has 0 aliphatic heterocycles. The van der Waals surface area contributed by atoms with Crippen molar-refractivity contribution in [3.8, 4) is 0 Å². The largest absolute Gasteiger partial charge is 0.396 e. The number of hydrogen-bond acceptors (Lipinski definition) is 2. The van der Waals surface area contributed by atoms with Crippen LogP contribution in [0.3, 0.4) is 0 Å². The minimum absolute atomic E-state index is 0.357. The summed E-state index contributed by atoms with van der Waals surface area (Å²) >= 11 is 0. The molecule has 0 aromatic rings. The van der Waals surface area contributed by atoms with Crippen molar-refractivity contribution < 1.29 is 5.11 Å². The first kappa shape index (κ1) is 14.9. The molecule has 1 N–H and O–H groups in total. The molecule has 0 spiro atoms. The zero-order chi connectivity index (χ0) is 11.5. The van der Waals surface area contributed by atoms with Gasteiger partial charge in [0.25, 0.3) is 0 Å². The van der Waals surface area contributed by atoms with E-state index in [2.05, 4.69) is 25.7 Å². The van der Waals surface area contributed by atoms with Gasteiger partial charge in [0.05, 0.1) is 0 Å². The van der Waals surface area contributed by atoms with Gasteiger partial charge in [-0.3, -0.25) is 0 Å². The van der Waals surface area contributed by atoms with E-state index in [4.69, 9.17) is 5.11 Å². The summed E-state index contributed by atoms with van der Waals surface area (Å²) in [6, 6.07) is 0. The molecular weight excluding hydrogens is 186 g/mol. The Morgan fingerprint density at radius 2 is 1.67 bits per heavy atom. The fourth-order valence-electron chi connectivity index (χ4n) is 2.17. The number of aliphatic hydroxyl groups excluding tert-OH is 1. The average Bonchev–Trinajstić information content (AvgIpc) is 2.25. The second-order valence-corrected chi connectivity index (χ2v) is 4.34. The lowest BCUT2D eigenvalue weighted by molar-refractivity contribution is 0.233. The molecule has 2 heteroatoms. The highest BCUT2D eigenvalue weighted by molar-refractivity contribution is 4.61. The summed E-state index contributed by atoms with van der Waals surface area (Å²) in [6.07, 6.45) is 6.08. The fourth-order valence-corrected chi connectivity index (χ4v) is 2.17. The van der Waals surface area contributed by atoms with Gasteiger partial charge in [0.1, 0.15) is 0 Å². The Balaban J connectivity index is 3.59. The van der Waals surface area contributed by atoms with E-state index in [1.165, 1.54) is 32.2 Å². The Morgan fingerprint density at radius 3 is 2.13 bits per heavy atom. The van der Waals surface area contributed by atoms with Crippen LogP contribution in [0.25, 0.3) is 0 Å². The van der Waals surface area contributed by atoms with Gasteiger partial charge in [-0.2, -0.15) is 0 Å². The molecule has 0 aliphatic carbocycles. The van der Waals surface area contributed by atoms with E-state index in [-0.39, 0.29) is 0 Å². The van der Waals surface area contributed by atoms with Crippen LogP contribution in [0, 0.1) is 5.92 Å². The maximum atomic E-state index is 8.95. The topological polar surface area (TPSA) is 23.5 Å². The molecule has 15 heavy (non-hydrogen) atoms. The van der Waals surface area contributed by atoms with Crippen LogP contribution in [0.15, 0.2) is 0 Å². The summed E-state index contributed by atoms with van der Waals surface area (Å²) in [6.45, 7) is 10.6. The maximum Gasteiger partial charge on any atom is 0.0433 e. The van der Waals surface area contributed by atoms with Crippen molar-refractivity contribution in [2.45, 2.75) is 52.9 Å². The predicted molar refractivity (Wildman–Crippen MR) is 67.1 cm³/mol. The van der Waals surface area contributed by atoms with E-state index in [1.54, 1.807) is 0 Å². The lowest BCUT2D eigenvalue weighted by Crippen LogP contribution is -2.24. The van der Waals surface area contributed by atoms with Gasteiger partial charge in [-0.05, 0) is 44.8 Å². The van der Waals surface area contributed by atoms with E-state index in [0.29, 0.717) is 6.61 Å². The highest BCUT2D eigenvalue weighted by Gasteiger charge is 2.07. The minimum Gasteiger partial charge on any atom is -0.396 e. The number of aliphatic hydroxyl groups is 1. The smallest absolute Gasteiger partial charge is 0.0433 e. The molecule has 2 nitrogen and oxygen atoms in total. The van der Waals surface area contributed by atoms with Crippen molar-refractivity contribution in [2.24, 2.45) is 5.92 Å². The van der Waals surface area contributed by atoms with Gasteiger partial charge in [0, 0.05) is 6.61 Å². The van der Waals surface area contributed by atoms with Gasteiger partial charge in [-0.25, -0.2) is 0 Å². The summed E-state index contributed by atoms with van der Waals surface area (Å²) in [5, 5.41) is 8.95. The Bertz CT molecular complexity index is 118. The number of hydrogen-bond donors (Lipinski definition) is 1. The molecule has 0 bridgehead atoms. The van der Waals surface area contributed by atoms with Crippen LogP contribution in [0.5, 0.6) is 0 Å². The molecule has 0 aromatic carbocycles. The first-order valence-electron chi connectivity index (χ1n) is 6.61. The van der Waals surface area contributed by atoms with Crippen LogP contribution in [0.2, 0.25) is 0 Å². The highest BCUT2D eigenvalue weighted by Crippen LogP contribution is 2.17. The van der Waals surface area contributed by atoms with Gasteiger partial charge < -0.3 is 10.0 Å². The second kappa shape index (κ2) is 10.4. The quantitative estimate of drug-likeness (QED) is 0.606. The molecule has 0 heterocycles. The zero-order valence-corrected chi connectivity index (χ0v) is 10.8. The lowest BCUT2D eigenvalue weighted by atomic mass is 9.95. The first-order chi connectivity index (χ1) is 7.28. The fraction of sp³-hybridized carbons (Fsp3) is 1.00. The lowest BCUT2D eigenvalue weighted by Gasteiger charge is -2.20. The van der Waals surface area contributed by atoms with Crippen LogP contribution in [-0.2, 0) is 0 Å². The third kappa shape index (κ3) is 7.80. The molecule has 0 saturated carbocycles. The molecule has 0 radical (unpaired) electrons. The van der Waals surface area contributed by atoms with Gasteiger partial charge in [0.2, 0.25) is 0 Å². The van der Waals surface area contributed by atoms with Gasteiger partial charge in [-0.15, -0.1) is 0 Å². The van der Waals surface area contributed by atoms with Crippen LogP contribution in [0.4, 0.5) is 0 Å². The van der Waals surface area contributed by atoms with Crippen molar-refractivity contribution in [3.63, 3.8) is 0 Å². The maximum absolute atomic E-state index is 8.95. The second-order valence-electron chi connectivity index (χ2n) is 4.34. The van der Waals surface area contributed by atoms with Gasteiger partial charge >= 0.3 is 0 Å². The van der Waals surface area contributed by atoms with Crippen molar-refractivity contribution in [3.05, 3.63) is 0 Å². The molecule has 0 amide bonds. The van der Waals surface area contributed by atoms with Crippen molar-refractivity contribution in [1.29, 1.82) is 0 Å². The van der Waals surface area contributed by atoms with Gasteiger partial charge in [-0.1, -0.05) is 33.6 Å². The zero-order valence-electron chi connectivity index (χ0n) is 10.8. The number of nitrogens with zero attached hydrogens (tertiary/aromatic N) is 1. The Kier molecular flexibility index (Phi) is 10.4. The average molecular weight is 215 g/mol. The van der Waals surface area contributed by atoms with E-state index < -0.39 is 0 Å². The summed E-state index contributed by atoms with van der Waals surface area (Å²) in [4.78, 5) is 2.47. The summed E-state index contributed by atoms with van der Waals surface area (Å²) in [7, 11) is 0. The van der Waals surface area contributed by atoms with Gasteiger partial charge in [0.15, 0.2) is 0 Å². The molecule has 0 fully saturated rings. The molecule has 1 atom stereocenters. The number of rotatable bonds is 10. The predicted octanol–water partition coefficient (Wildman–Crippen LogP) is 2.91. The monoisotopic (exact) mass is 215 g/mol. The Hall–Kier alpha value is -0.0800. The Labute approximate surface area is 95.7 Å².